The van der Waals surface area contributed by atoms with Gasteiger partial charge in [-0.05, 0) is 41.3 Å². The normalized spacial score (nSPS) is 10.2. The molecule has 0 amide bonds. The van der Waals surface area contributed by atoms with Crippen LogP contribution in [-0.2, 0) is 4.84 Å². The van der Waals surface area contributed by atoms with Crippen molar-refractivity contribution >= 4 is 23.5 Å². The topological polar surface area (TPSA) is 38.7 Å². The summed E-state index contributed by atoms with van der Waals surface area (Å²) in [6, 6.07) is 20.9. The molecule has 0 aliphatic rings. The van der Waals surface area contributed by atoms with Gasteiger partial charge in [-0.2, -0.15) is 0 Å². The molecule has 1 heterocycles. The van der Waals surface area contributed by atoms with Gasteiger partial charge in [0, 0.05) is 11.1 Å². The predicted octanol–water partition coefficient (Wildman–Crippen LogP) is 4.34. The fraction of sp³-hybridized carbons (Fsp3) is 0. The van der Waals surface area contributed by atoms with Crippen molar-refractivity contribution in [3.05, 3.63) is 93.7 Å². The van der Waals surface area contributed by atoms with Crippen LogP contribution in [0.1, 0.15) is 26.4 Å². The minimum atomic E-state index is -0.452. The van der Waals surface area contributed by atoms with E-state index >= 15 is 0 Å². The van der Waals surface area contributed by atoms with Crippen molar-refractivity contribution in [3.8, 4) is 11.8 Å². The van der Waals surface area contributed by atoms with E-state index in [0.29, 0.717) is 4.88 Å². The molecule has 2 aromatic carbocycles. The standard InChI is InChI=1S/C20H13NO2S/c22-20(19-7-4-14-24-19)23-21-15-18-12-10-17(11-13-18)9-8-16-5-2-1-3-6-16/h1-7,10-15H. The Bertz CT molecular complexity index is 886. The van der Waals surface area contributed by atoms with E-state index in [9.17, 15) is 4.79 Å². The lowest BCUT2D eigenvalue weighted by Gasteiger charge is -1.95. The van der Waals surface area contributed by atoms with Crippen molar-refractivity contribution in [2.24, 2.45) is 5.16 Å². The lowest BCUT2D eigenvalue weighted by atomic mass is 10.1. The van der Waals surface area contributed by atoms with Gasteiger partial charge in [-0.15, -0.1) is 11.3 Å². The molecule has 0 radical (unpaired) electrons. The van der Waals surface area contributed by atoms with E-state index in [2.05, 4.69) is 17.0 Å². The summed E-state index contributed by atoms with van der Waals surface area (Å²) in [6.07, 6.45) is 1.50. The van der Waals surface area contributed by atoms with Crippen LogP contribution in [0, 0.1) is 11.8 Å². The van der Waals surface area contributed by atoms with E-state index in [4.69, 9.17) is 4.84 Å². The highest BCUT2D eigenvalue weighted by atomic mass is 32.1. The summed E-state index contributed by atoms with van der Waals surface area (Å²) in [5.74, 6) is 5.75. The fourth-order valence-electron chi connectivity index (χ4n) is 1.89. The highest BCUT2D eigenvalue weighted by Crippen LogP contribution is 2.10. The number of carbonyl (C=O) groups is 1. The molecule has 0 saturated heterocycles. The van der Waals surface area contributed by atoms with Gasteiger partial charge in [0.25, 0.3) is 0 Å². The zero-order chi connectivity index (χ0) is 16.6. The number of carbonyl (C=O) groups excluding carboxylic acids is 1. The second-order valence-electron chi connectivity index (χ2n) is 4.83. The van der Waals surface area contributed by atoms with E-state index in [1.165, 1.54) is 17.6 Å². The van der Waals surface area contributed by atoms with Crippen LogP contribution in [0.2, 0.25) is 0 Å². The SMILES string of the molecule is O=C(ON=Cc1ccc(C#Cc2ccccc2)cc1)c1cccs1. The minimum absolute atomic E-state index is 0.452. The van der Waals surface area contributed by atoms with E-state index in [1.807, 2.05) is 60.0 Å². The Labute approximate surface area is 144 Å². The van der Waals surface area contributed by atoms with Crippen LogP contribution in [0.4, 0.5) is 0 Å². The number of oxime groups is 1. The van der Waals surface area contributed by atoms with Gasteiger partial charge in [-0.1, -0.05) is 53.4 Å². The van der Waals surface area contributed by atoms with Crippen LogP contribution in [0.3, 0.4) is 0 Å². The van der Waals surface area contributed by atoms with E-state index < -0.39 is 5.97 Å². The molecular weight excluding hydrogens is 318 g/mol. The molecule has 0 aliphatic heterocycles. The Morgan fingerprint density at radius 2 is 1.62 bits per heavy atom. The third kappa shape index (κ3) is 4.42. The van der Waals surface area contributed by atoms with Crippen LogP contribution in [-0.4, -0.2) is 12.2 Å². The first kappa shape index (κ1) is 15.7. The van der Waals surface area contributed by atoms with Gasteiger partial charge >= 0.3 is 5.97 Å². The summed E-state index contributed by atoms with van der Waals surface area (Å²) in [5.41, 5.74) is 2.72. The van der Waals surface area contributed by atoms with E-state index in [1.54, 1.807) is 12.1 Å². The molecule has 0 spiro atoms. The average molecular weight is 331 g/mol. The maximum absolute atomic E-state index is 11.6. The zero-order valence-electron chi connectivity index (χ0n) is 12.7. The number of hydrogen-bond acceptors (Lipinski definition) is 4. The summed E-state index contributed by atoms with van der Waals surface area (Å²) >= 11 is 1.32. The molecule has 1 aromatic heterocycles. The highest BCUT2D eigenvalue weighted by molar-refractivity contribution is 7.11. The number of thiophene rings is 1. The van der Waals surface area contributed by atoms with Crippen molar-refractivity contribution in [3.63, 3.8) is 0 Å². The fourth-order valence-corrected chi connectivity index (χ4v) is 2.49. The van der Waals surface area contributed by atoms with E-state index in [-0.39, 0.29) is 0 Å². The number of benzene rings is 2. The van der Waals surface area contributed by atoms with Crippen molar-refractivity contribution in [1.82, 2.24) is 0 Å². The molecule has 116 valence electrons. The largest absolute Gasteiger partial charge is 0.375 e. The minimum Gasteiger partial charge on any atom is -0.312 e. The second kappa shape index (κ2) is 7.91. The second-order valence-corrected chi connectivity index (χ2v) is 5.78. The Hall–Kier alpha value is -3.16. The Morgan fingerprint density at radius 3 is 2.29 bits per heavy atom. The van der Waals surface area contributed by atoms with Crippen LogP contribution >= 0.6 is 11.3 Å². The summed E-state index contributed by atoms with van der Waals surface area (Å²) in [7, 11) is 0. The van der Waals surface area contributed by atoms with Gasteiger partial charge in [-0.3, -0.25) is 0 Å². The summed E-state index contributed by atoms with van der Waals surface area (Å²) in [6.45, 7) is 0. The molecule has 0 atom stereocenters. The van der Waals surface area contributed by atoms with Crippen LogP contribution in [0.25, 0.3) is 0 Å². The molecule has 0 bridgehead atoms. The third-order valence-corrected chi connectivity index (χ3v) is 3.95. The Morgan fingerprint density at radius 1 is 0.917 bits per heavy atom. The Balaban J connectivity index is 1.60. The van der Waals surface area contributed by atoms with Crippen LogP contribution in [0.5, 0.6) is 0 Å². The molecule has 24 heavy (non-hydrogen) atoms. The number of rotatable bonds is 3. The summed E-state index contributed by atoms with van der Waals surface area (Å²) in [5, 5.41) is 5.53. The summed E-state index contributed by atoms with van der Waals surface area (Å²) < 4.78 is 0. The van der Waals surface area contributed by atoms with Crippen molar-refractivity contribution in [2.75, 3.05) is 0 Å². The monoisotopic (exact) mass is 331 g/mol. The van der Waals surface area contributed by atoms with E-state index in [0.717, 1.165) is 16.7 Å². The smallest absolute Gasteiger partial charge is 0.312 e. The van der Waals surface area contributed by atoms with Gasteiger partial charge in [0.1, 0.15) is 4.88 Å². The molecule has 0 fully saturated rings. The van der Waals surface area contributed by atoms with Gasteiger partial charge in [0.05, 0.1) is 6.21 Å². The maximum atomic E-state index is 11.6. The number of hydrogen-bond donors (Lipinski definition) is 0. The molecular formula is C20H13NO2S. The van der Waals surface area contributed by atoms with Crippen molar-refractivity contribution in [2.45, 2.75) is 0 Å². The first-order valence-electron chi connectivity index (χ1n) is 7.26. The highest BCUT2D eigenvalue weighted by Gasteiger charge is 2.06. The summed E-state index contributed by atoms with van der Waals surface area (Å²) in [4.78, 5) is 17.0. The number of nitrogens with zero attached hydrogens (tertiary/aromatic N) is 1. The predicted molar refractivity (Wildman–Crippen MR) is 96.2 cm³/mol. The quantitative estimate of drug-likeness (QED) is 0.310. The molecule has 3 nitrogen and oxygen atoms in total. The first-order chi connectivity index (χ1) is 11.8. The van der Waals surface area contributed by atoms with Gasteiger partial charge in [0.15, 0.2) is 0 Å². The van der Waals surface area contributed by atoms with Crippen molar-refractivity contribution in [1.29, 1.82) is 0 Å². The average Bonchev–Trinajstić information content (AvgIpc) is 3.17. The lowest BCUT2D eigenvalue weighted by molar-refractivity contribution is 0.0525. The van der Waals surface area contributed by atoms with Gasteiger partial charge in [0.2, 0.25) is 0 Å². The molecule has 0 unspecified atom stereocenters. The molecule has 0 saturated carbocycles. The lowest BCUT2D eigenvalue weighted by Crippen LogP contribution is -1.97. The first-order valence-corrected chi connectivity index (χ1v) is 8.14. The molecule has 0 aliphatic carbocycles. The van der Waals surface area contributed by atoms with Crippen LogP contribution in [0.15, 0.2) is 77.3 Å². The maximum Gasteiger partial charge on any atom is 0.375 e. The van der Waals surface area contributed by atoms with Crippen LogP contribution < -0.4 is 0 Å². The molecule has 4 heteroatoms. The molecule has 3 aromatic rings. The third-order valence-electron chi connectivity index (χ3n) is 3.10. The zero-order valence-corrected chi connectivity index (χ0v) is 13.5. The Kier molecular flexibility index (Phi) is 5.18. The molecule has 3 rings (SSSR count). The van der Waals surface area contributed by atoms with Gasteiger partial charge < -0.3 is 4.84 Å². The van der Waals surface area contributed by atoms with Gasteiger partial charge in [-0.25, -0.2) is 4.79 Å². The van der Waals surface area contributed by atoms with Crippen molar-refractivity contribution < 1.29 is 9.63 Å². The molecule has 0 N–H and O–H groups in total.